The van der Waals surface area contributed by atoms with Crippen LogP contribution in [0.2, 0.25) is 5.02 Å². The van der Waals surface area contributed by atoms with E-state index >= 15 is 0 Å². The Morgan fingerprint density at radius 3 is 2.75 bits per heavy atom. The number of nitrogens with zero attached hydrogens (tertiary/aromatic N) is 2. The molecule has 0 saturated carbocycles. The van der Waals surface area contributed by atoms with Gasteiger partial charge in [0, 0.05) is 18.1 Å². The van der Waals surface area contributed by atoms with E-state index in [4.69, 9.17) is 11.6 Å². The Labute approximate surface area is 123 Å². The molecule has 0 aliphatic rings. The van der Waals surface area contributed by atoms with Gasteiger partial charge in [-0.05, 0) is 12.1 Å². The molecule has 0 atom stereocenters. The summed E-state index contributed by atoms with van der Waals surface area (Å²) >= 11 is 6.57. The van der Waals surface area contributed by atoms with Crippen LogP contribution in [-0.4, -0.2) is 41.5 Å². The summed E-state index contributed by atoms with van der Waals surface area (Å²) in [6.07, 6.45) is -2.61. The van der Waals surface area contributed by atoms with Gasteiger partial charge in [0.15, 0.2) is 0 Å². The van der Waals surface area contributed by atoms with E-state index in [1.54, 1.807) is 0 Å². The molecule has 1 rings (SSSR count). The molecule has 0 radical (unpaired) electrons. The van der Waals surface area contributed by atoms with Gasteiger partial charge < -0.3 is 4.90 Å². The summed E-state index contributed by atoms with van der Waals surface area (Å²) < 4.78 is 24.2. The standard InChI is InChI=1S/C11H11ClF2N2O3S/c1-15(5-10(13)14)11(17)6-20-9-3-2-7(12)4-8(9)16(18)19/h2-4,10H,5-6H2,1H3. The van der Waals surface area contributed by atoms with E-state index in [9.17, 15) is 23.7 Å². The average molecular weight is 325 g/mol. The van der Waals surface area contributed by atoms with Gasteiger partial charge in [-0.1, -0.05) is 11.6 Å². The van der Waals surface area contributed by atoms with Crippen LogP contribution < -0.4 is 0 Å². The Morgan fingerprint density at radius 1 is 1.55 bits per heavy atom. The minimum Gasteiger partial charge on any atom is -0.339 e. The maximum atomic E-state index is 12.1. The van der Waals surface area contributed by atoms with Crippen LogP contribution in [0.15, 0.2) is 23.1 Å². The van der Waals surface area contributed by atoms with Crippen LogP contribution in [-0.2, 0) is 4.79 Å². The summed E-state index contributed by atoms with van der Waals surface area (Å²) in [5.41, 5.74) is -0.216. The summed E-state index contributed by atoms with van der Waals surface area (Å²) in [6, 6.07) is 4.06. The number of hydrogen-bond donors (Lipinski definition) is 0. The Balaban J connectivity index is 2.70. The van der Waals surface area contributed by atoms with Gasteiger partial charge in [0.05, 0.1) is 22.1 Å². The van der Waals surface area contributed by atoms with Crippen LogP contribution in [0.3, 0.4) is 0 Å². The minimum absolute atomic E-state index is 0.161. The summed E-state index contributed by atoms with van der Waals surface area (Å²) in [6.45, 7) is -0.665. The first kappa shape index (κ1) is 16.6. The van der Waals surface area contributed by atoms with Crippen molar-refractivity contribution >= 4 is 35.0 Å². The van der Waals surface area contributed by atoms with Gasteiger partial charge in [-0.25, -0.2) is 8.78 Å². The fourth-order valence-corrected chi connectivity index (χ4v) is 2.43. The zero-order valence-corrected chi connectivity index (χ0v) is 12.0. The summed E-state index contributed by atoms with van der Waals surface area (Å²) in [5, 5.41) is 11.0. The van der Waals surface area contributed by atoms with Crippen molar-refractivity contribution in [2.45, 2.75) is 11.3 Å². The lowest BCUT2D eigenvalue weighted by atomic mass is 10.3. The lowest BCUT2D eigenvalue weighted by Crippen LogP contribution is -2.32. The third-order valence-electron chi connectivity index (χ3n) is 2.31. The molecule has 0 N–H and O–H groups in total. The Morgan fingerprint density at radius 2 is 2.20 bits per heavy atom. The molecule has 0 fully saturated rings. The highest BCUT2D eigenvalue weighted by Gasteiger charge is 2.18. The Bertz CT molecular complexity index is 516. The van der Waals surface area contributed by atoms with Crippen molar-refractivity contribution in [3.63, 3.8) is 0 Å². The number of halogens is 3. The van der Waals surface area contributed by atoms with Gasteiger partial charge >= 0.3 is 0 Å². The lowest BCUT2D eigenvalue weighted by molar-refractivity contribution is -0.387. The highest BCUT2D eigenvalue weighted by molar-refractivity contribution is 8.00. The molecule has 1 amide bonds. The zero-order valence-electron chi connectivity index (χ0n) is 10.4. The van der Waals surface area contributed by atoms with E-state index in [0.717, 1.165) is 16.7 Å². The fraction of sp³-hybridized carbons (Fsp3) is 0.364. The number of carbonyl (C=O) groups excluding carboxylic acids is 1. The highest BCUT2D eigenvalue weighted by Crippen LogP contribution is 2.31. The maximum Gasteiger partial charge on any atom is 0.284 e. The number of nitro benzene ring substituents is 1. The number of benzene rings is 1. The van der Waals surface area contributed by atoms with Crippen molar-refractivity contribution in [1.82, 2.24) is 4.90 Å². The predicted octanol–water partition coefficient (Wildman–Crippen LogP) is 3.06. The molecule has 0 unspecified atom stereocenters. The number of rotatable bonds is 6. The molecule has 0 heterocycles. The second kappa shape index (κ2) is 7.39. The number of carbonyl (C=O) groups is 1. The quantitative estimate of drug-likeness (QED) is 0.458. The first-order chi connectivity index (χ1) is 9.31. The highest BCUT2D eigenvalue weighted by atomic mass is 35.5. The molecule has 20 heavy (non-hydrogen) atoms. The molecule has 9 heteroatoms. The number of thioether (sulfide) groups is 1. The summed E-state index contributed by atoms with van der Waals surface area (Å²) in [7, 11) is 1.26. The largest absolute Gasteiger partial charge is 0.339 e. The van der Waals surface area contributed by atoms with Gasteiger partial charge in [0.2, 0.25) is 5.91 Å². The summed E-state index contributed by atoms with van der Waals surface area (Å²) in [4.78, 5) is 23.0. The Kier molecular flexibility index (Phi) is 6.15. The van der Waals surface area contributed by atoms with Crippen molar-refractivity contribution in [1.29, 1.82) is 0 Å². The van der Waals surface area contributed by atoms with Crippen molar-refractivity contribution in [3.05, 3.63) is 33.3 Å². The number of alkyl halides is 2. The number of nitro groups is 1. The van der Waals surface area contributed by atoms with Crippen molar-refractivity contribution in [2.75, 3.05) is 19.3 Å². The average Bonchev–Trinajstić information content (AvgIpc) is 2.35. The summed E-state index contributed by atoms with van der Waals surface area (Å²) in [5.74, 6) is -0.689. The van der Waals surface area contributed by atoms with Crippen LogP contribution in [0.25, 0.3) is 0 Å². The smallest absolute Gasteiger partial charge is 0.284 e. The molecule has 110 valence electrons. The Hall–Kier alpha value is -1.41. The molecule has 1 aromatic carbocycles. The predicted molar refractivity (Wildman–Crippen MR) is 72.5 cm³/mol. The molecule has 0 spiro atoms. The van der Waals surface area contributed by atoms with Crippen LogP contribution >= 0.6 is 23.4 Å². The molecule has 5 nitrogen and oxygen atoms in total. The van der Waals surface area contributed by atoms with Gasteiger partial charge in [-0.3, -0.25) is 14.9 Å². The van der Waals surface area contributed by atoms with Crippen LogP contribution in [0.1, 0.15) is 0 Å². The van der Waals surface area contributed by atoms with Crippen molar-refractivity contribution in [3.8, 4) is 0 Å². The first-order valence-corrected chi connectivity index (χ1v) is 6.76. The monoisotopic (exact) mass is 324 g/mol. The minimum atomic E-state index is -2.61. The first-order valence-electron chi connectivity index (χ1n) is 5.40. The van der Waals surface area contributed by atoms with Crippen LogP contribution in [0.5, 0.6) is 0 Å². The SMILES string of the molecule is CN(CC(F)F)C(=O)CSc1ccc(Cl)cc1[N+](=O)[O-]. The number of amides is 1. The van der Waals surface area contributed by atoms with E-state index in [-0.39, 0.29) is 21.4 Å². The van der Waals surface area contributed by atoms with Crippen molar-refractivity contribution < 1.29 is 18.5 Å². The van der Waals surface area contributed by atoms with E-state index < -0.39 is 23.8 Å². The van der Waals surface area contributed by atoms with Gasteiger partial charge in [0.25, 0.3) is 12.1 Å². The van der Waals surface area contributed by atoms with Crippen LogP contribution in [0, 0.1) is 10.1 Å². The third-order valence-corrected chi connectivity index (χ3v) is 3.59. The normalized spacial score (nSPS) is 10.7. The van der Waals surface area contributed by atoms with E-state index in [0.29, 0.717) is 0 Å². The van der Waals surface area contributed by atoms with Gasteiger partial charge in [-0.2, -0.15) is 0 Å². The lowest BCUT2D eigenvalue weighted by Gasteiger charge is -2.16. The number of hydrogen-bond acceptors (Lipinski definition) is 4. The van der Waals surface area contributed by atoms with Crippen LogP contribution in [0.4, 0.5) is 14.5 Å². The molecule has 0 bridgehead atoms. The third kappa shape index (κ3) is 4.93. The molecule has 0 aliphatic carbocycles. The second-order valence-corrected chi connectivity index (χ2v) is 5.28. The molecule has 1 aromatic rings. The molecular formula is C11H11ClF2N2O3S. The molecular weight excluding hydrogens is 314 g/mol. The maximum absolute atomic E-state index is 12.1. The fourth-order valence-electron chi connectivity index (χ4n) is 1.31. The molecule has 0 aliphatic heterocycles. The van der Waals surface area contributed by atoms with E-state index in [2.05, 4.69) is 0 Å². The van der Waals surface area contributed by atoms with E-state index in [1.165, 1.54) is 25.2 Å². The van der Waals surface area contributed by atoms with Crippen molar-refractivity contribution in [2.24, 2.45) is 0 Å². The second-order valence-electron chi connectivity index (χ2n) is 3.82. The zero-order chi connectivity index (χ0) is 15.3. The van der Waals surface area contributed by atoms with Gasteiger partial charge in [0.1, 0.15) is 0 Å². The van der Waals surface area contributed by atoms with E-state index in [1.807, 2.05) is 0 Å². The molecule has 0 aromatic heterocycles. The topological polar surface area (TPSA) is 63.5 Å². The van der Waals surface area contributed by atoms with Gasteiger partial charge in [-0.15, -0.1) is 11.8 Å². The molecule has 0 saturated heterocycles.